The second-order valence-electron chi connectivity index (χ2n) is 7.29. The molecule has 0 bridgehead atoms. The van der Waals surface area contributed by atoms with Crippen molar-refractivity contribution in [1.82, 2.24) is 29.5 Å². The van der Waals surface area contributed by atoms with E-state index >= 15 is 0 Å². The van der Waals surface area contributed by atoms with Gasteiger partial charge in [-0.25, -0.2) is 14.6 Å². The number of aryl methyl sites for hydroxylation is 1. The monoisotopic (exact) mass is 443 g/mol. The molecule has 0 saturated heterocycles. The summed E-state index contributed by atoms with van der Waals surface area (Å²) in [5.41, 5.74) is 3.61. The number of carbonyl (C=O) groups is 1. The Morgan fingerprint density at radius 3 is 2.75 bits per heavy atom. The van der Waals surface area contributed by atoms with E-state index in [1.807, 2.05) is 61.8 Å². The largest absolute Gasteiger partial charge is 0.289 e. The van der Waals surface area contributed by atoms with Crippen molar-refractivity contribution in [2.45, 2.75) is 6.54 Å². The predicted molar refractivity (Wildman–Crippen MR) is 122 cm³/mol. The van der Waals surface area contributed by atoms with Crippen LogP contribution in [-0.2, 0) is 13.6 Å². The molecule has 3 heterocycles. The highest BCUT2D eigenvalue weighted by Gasteiger charge is 2.16. The number of nitrogens with zero attached hydrogens (tertiary/aromatic N) is 6. The smallest absolute Gasteiger partial charge is 0.258 e. The highest BCUT2D eigenvalue weighted by Crippen LogP contribution is 2.25. The van der Waals surface area contributed by atoms with Crippen molar-refractivity contribution in [1.29, 1.82) is 0 Å². The van der Waals surface area contributed by atoms with E-state index in [2.05, 4.69) is 25.5 Å². The zero-order valence-corrected chi connectivity index (χ0v) is 17.9. The molecule has 0 aliphatic rings. The lowest BCUT2D eigenvalue weighted by Gasteiger charge is -2.08. The molecule has 0 aliphatic heterocycles. The van der Waals surface area contributed by atoms with Crippen molar-refractivity contribution in [3.63, 3.8) is 0 Å². The summed E-state index contributed by atoms with van der Waals surface area (Å²) in [6, 6.07) is 16.8. The minimum Gasteiger partial charge on any atom is -0.289 e. The summed E-state index contributed by atoms with van der Waals surface area (Å²) >= 11 is 6.22. The summed E-state index contributed by atoms with van der Waals surface area (Å²) in [6.45, 7) is 0.450. The molecule has 5 rings (SSSR count). The van der Waals surface area contributed by atoms with Crippen molar-refractivity contribution < 1.29 is 4.79 Å². The zero-order chi connectivity index (χ0) is 22.1. The van der Waals surface area contributed by atoms with Gasteiger partial charge in [-0.3, -0.25) is 14.8 Å². The predicted octanol–water partition coefficient (Wildman–Crippen LogP) is 4.18. The van der Waals surface area contributed by atoms with Gasteiger partial charge in [-0.05, 0) is 23.8 Å². The molecule has 0 atom stereocenters. The van der Waals surface area contributed by atoms with Crippen LogP contribution in [0.2, 0.25) is 5.02 Å². The van der Waals surface area contributed by atoms with Gasteiger partial charge >= 0.3 is 0 Å². The molecule has 3 aromatic heterocycles. The van der Waals surface area contributed by atoms with Crippen LogP contribution in [0.1, 0.15) is 15.9 Å². The molecule has 1 amide bonds. The normalized spacial score (nSPS) is 11.1. The molecule has 9 heteroatoms. The number of anilines is 1. The van der Waals surface area contributed by atoms with E-state index in [9.17, 15) is 4.79 Å². The number of hydrogen-bond donors (Lipinski definition) is 1. The number of fused-ring (bicyclic) bond motifs is 1. The number of amides is 1. The first-order valence-corrected chi connectivity index (χ1v) is 10.3. The average Bonchev–Trinajstić information content (AvgIpc) is 3.43. The first kappa shape index (κ1) is 19.9. The first-order chi connectivity index (χ1) is 15.6. The number of pyridine rings is 1. The topological polar surface area (TPSA) is 90.5 Å². The maximum absolute atomic E-state index is 13.2. The standard InChI is InChI=1S/C23H18ClN7O/c1-30-12-16(11-26-30)21-10-18(17-7-3-5-9-20(17)27-21)22(32)28-23-25-14-31(29-23)13-15-6-2-4-8-19(15)24/h2-12,14H,13H2,1H3,(H,28,29,32). The van der Waals surface area contributed by atoms with Gasteiger partial charge in [-0.2, -0.15) is 5.10 Å². The summed E-state index contributed by atoms with van der Waals surface area (Å²) in [5.74, 6) is -0.102. The minimum absolute atomic E-state index is 0.214. The van der Waals surface area contributed by atoms with Gasteiger partial charge in [0.1, 0.15) is 6.33 Å². The highest BCUT2D eigenvalue weighted by atomic mass is 35.5. The number of carbonyl (C=O) groups excluding carboxylic acids is 1. The van der Waals surface area contributed by atoms with E-state index in [1.54, 1.807) is 28.0 Å². The summed E-state index contributed by atoms with van der Waals surface area (Å²) in [5, 5.41) is 12.8. The molecule has 0 unspecified atom stereocenters. The number of aromatic nitrogens is 6. The molecule has 2 aromatic carbocycles. The van der Waals surface area contributed by atoms with E-state index in [0.717, 1.165) is 22.0 Å². The molecule has 5 aromatic rings. The van der Waals surface area contributed by atoms with Crippen molar-refractivity contribution in [3.05, 3.63) is 89.5 Å². The van der Waals surface area contributed by atoms with Gasteiger partial charge in [0.15, 0.2) is 0 Å². The maximum Gasteiger partial charge on any atom is 0.258 e. The molecular formula is C23H18ClN7O. The number of benzene rings is 2. The van der Waals surface area contributed by atoms with E-state index in [-0.39, 0.29) is 11.9 Å². The quantitative estimate of drug-likeness (QED) is 0.440. The van der Waals surface area contributed by atoms with Crippen LogP contribution in [0.25, 0.3) is 22.2 Å². The van der Waals surface area contributed by atoms with E-state index in [0.29, 0.717) is 22.8 Å². The minimum atomic E-state index is -0.316. The average molecular weight is 444 g/mol. The Morgan fingerprint density at radius 2 is 1.94 bits per heavy atom. The van der Waals surface area contributed by atoms with Crippen LogP contribution in [0.5, 0.6) is 0 Å². The van der Waals surface area contributed by atoms with Crippen LogP contribution in [0, 0.1) is 0 Å². The molecule has 1 N–H and O–H groups in total. The molecule has 0 spiro atoms. The third-order valence-corrected chi connectivity index (χ3v) is 5.38. The van der Waals surface area contributed by atoms with Gasteiger partial charge < -0.3 is 0 Å². The van der Waals surface area contributed by atoms with Gasteiger partial charge in [0, 0.05) is 29.2 Å². The van der Waals surface area contributed by atoms with Gasteiger partial charge in [0.2, 0.25) is 5.95 Å². The Balaban J connectivity index is 1.44. The van der Waals surface area contributed by atoms with E-state index in [4.69, 9.17) is 11.6 Å². The summed E-state index contributed by atoms with van der Waals surface area (Å²) < 4.78 is 3.32. The molecule has 158 valence electrons. The van der Waals surface area contributed by atoms with Crippen LogP contribution in [0.15, 0.2) is 73.3 Å². The van der Waals surface area contributed by atoms with Gasteiger partial charge in [-0.15, -0.1) is 5.10 Å². The highest BCUT2D eigenvalue weighted by molar-refractivity contribution is 6.31. The fraction of sp³-hybridized carbons (Fsp3) is 0.0870. The third-order valence-electron chi connectivity index (χ3n) is 5.01. The van der Waals surface area contributed by atoms with Gasteiger partial charge in [-0.1, -0.05) is 48.0 Å². The summed E-state index contributed by atoms with van der Waals surface area (Å²) in [7, 11) is 1.84. The second-order valence-corrected chi connectivity index (χ2v) is 7.69. The maximum atomic E-state index is 13.2. The first-order valence-electron chi connectivity index (χ1n) is 9.90. The SMILES string of the molecule is Cn1cc(-c2cc(C(=O)Nc3ncn(Cc4ccccc4Cl)n3)c3ccccc3n2)cn1. The van der Waals surface area contributed by atoms with Crippen LogP contribution >= 0.6 is 11.6 Å². The lowest BCUT2D eigenvalue weighted by molar-refractivity contribution is 0.102. The lowest BCUT2D eigenvalue weighted by Crippen LogP contribution is -2.14. The van der Waals surface area contributed by atoms with E-state index < -0.39 is 0 Å². The Hall–Kier alpha value is -4.04. The molecule has 32 heavy (non-hydrogen) atoms. The molecule has 0 aliphatic carbocycles. The van der Waals surface area contributed by atoms with Crippen molar-refractivity contribution in [2.24, 2.45) is 7.05 Å². The number of para-hydroxylation sites is 1. The lowest BCUT2D eigenvalue weighted by atomic mass is 10.1. The fourth-order valence-corrected chi connectivity index (χ4v) is 3.66. The third kappa shape index (κ3) is 3.95. The molecule has 0 radical (unpaired) electrons. The van der Waals surface area contributed by atoms with Crippen molar-refractivity contribution in [3.8, 4) is 11.3 Å². The summed E-state index contributed by atoms with van der Waals surface area (Å²) in [4.78, 5) is 22.1. The number of hydrogen-bond acceptors (Lipinski definition) is 5. The Kier molecular flexibility index (Phi) is 5.12. The van der Waals surface area contributed by atoms with Crippen LogP contribution in [0.3, 0.4) is 0 Å². The molecular weight excluding hydrogens is 426 g/mol. The van der Waals surface area contributed by atoms with Gasteiger partial charge in [0.05, 0.1) is 29.5 Å². The molecule has 0 fully saturated rings. The van der Waals surface area contributed by atoms with E-state index in [1.165, 1.54) is 0 Å². The van der Waals surface area contributed by atoms with Gasteiger partial charge in [0.25, 0.3) is 5.91 Å². The molecule has 8 nitrogen and oxygen atoms in total. The van der Waals surface area contributed by atoms with Crippen LogP contribution in [0.4, 0.5) is 5.95 Å². The Morgan fingerprint density at radius 1 is 1.12 bits per heavy atom. The molecule has 0 saturated carbocycles. The Bertz CT molecular complexity index is 1440. The summed E-state index contributed by atoms with van der Waals surface area (Å²) in [6.07, 6.45) is 5.14. The van der Waals surface area contributed by atoms with Crippen LogP contribution < -0.4 is 5.32 Å². The fourth-order valence-electron chi connectivity index (χ4n) is 3.46. The number of nitrogens with one attached hydrogen (secondary N) is 1. The number of rotatable bonds is 5. The van der Waals surface area contributed by atoms with Crippen molar-refractivity contribution in [2.75, 3.05) is 5.32 Å². The van der Waals surface area contributed by atoms with Crippen molar-refractivity contribution >= 4 is 34.4 Å². The number of halogens is 1. The Labute approximate surface area is 188 Å². The second kappa shape index (κ2) is 8.24. The zero-order valence-electron chi connectivity index (χ0n) is 17.1. The van der Waals surface area contributed by atoms with Crippen LogP contribution in [-0.4, -0.2) is 35.4 Å².